The van der Waals surface area contributed by atoms with Gasteiger partial charge in [0, 0.05) is 13.1 Å². The van der Waals surface area contributed by atoms with Gasteiger partial charge in [0.2, 0.25) is 5.91 Å². The molecule has 28 heavy (non-hydrogen) atoms. The van der Waals surface area contributed by atoms with E-state index >= 15 is 0 Å². The second-order valence-electron chi connectivity index (χ2n) is 7.12. The maximum absolute atomic E-state index is 13.1. The second-order valence-corrected chi connectivity index (χ2v) is 7.12. The summed E-state index contributed by atoms with van der Waals surface area (Å²) in [4.78, 5) is 52.4. The van der Waals surface area contributed by atoms with E-state index in [-0.39, 0.29) is 24.3 Å². The zero-order valence-corrected chi connectivity index (χ0v) is 16.1. The Morgan fingerprint density at radius 1 is 1.18 bits per heavy atom. The van der Waals surface area contributed by atoms with Gasteiger partial charge in [-0.1, -0.05) is 37.3 Å². The summed E-state index contributed by atoms with van der Waals surface area (Å²) in [6.07, 6.45) is 1.42. The summed E-state index contributed by atoms with van der Waals surface area (Å²) < 4.78 is 4.75. The largest absolute Gasteiger partial charge is 0.469 e. The second kappa shape index (κ2) is 8.00. The highest BCUT2D eigenvalue weighted by atomic mass is 16.5. The van der Waals surface area contributed by atoms with Gasteiger partial charge in [-0.2, -0.15) is 0 Å². The molecule has 1 aromatic rings. The number of hydrogen-bond donors (Lipinski definition) is 1. The van der Waals surface area contributed by atoms with Crippen LogP contribution in [0.1, 0.15) is 31.7 Å². The van der Waals surface area contributed by atoms with Crippen LogP contribution in [0.25, 0.3) is 0 Å². The number of carbonyl (C=O) groups excluding carboxylic acids is 4. The van der Waals surface area contributed by atoms with E-state index in [0.29, 0.717) is 37.9 Å². The maximum atomic E-state index is 13.1. The van der Waals surface area contributed by atoms with Gasteiger partial charge in [-0.3, -0.25) is 19.3 Å². The fourth-order valence-corrected chi connectivity index (χ4v) is 3.90. The number of nitrogens with one attached hydrogen (secondary N) is 1. The average molecular weight is 387 g/mol. The number of carbonyl (C=O) groups is 4. The molecule has 2 aliphatic rings. The quantitative estimate of drug-likeness (QED) is 0.606. The lowest BCUT2D eigenvalue weighted by Crippen LogP contribution is -2.47. The number of ether oxygens (including phenoxy) is 1. The van der Waals surface area contributed by atoms with Crippen LogP contribution < -0.4 is 5.32 Å². The first-order valence-corrected chi connectivity index (χ1v) is 9.48. The Morgan fingerprint density at radius 3 is 2.39 bits per heavy atom. The van der Waals surface area contributed by atoms with Crippen molar-refractivity contribution >= 4 is 23.8 Å². The molecule has 2 aliphatic heterocycles. The Balaban J connectivity index is 1.68. The molecule has 0 spiro atoms. The fraction of sp³-hybridized carbons (Fsp3) is 0.500. The van der Waals surface area contributed by atoms with Crippen molar-refractivity contribution in [2.24, 2.45) is 5.92 Å². The SMILES string of the molecule is CC[C@@]1(c2ccccc2)NC(=O)N(CC(=O)N2CCC(C(=O)OC)CC2)C1=O. The van der Waals surface area contributed by atoms with Crippen molar-refractivity contribution in [3.8, 4) is 0 Å². The Kier molecular flexibility index (Phi) is 5.67. The number of amides is 4. The first kappa shape index (κ1) is 19.9. The third-order valence-electron chi connectivity index (χ3n) is 5.65. The Hall–Kier alpha value is -2.90. The van der Waals surface area contributed by atoms with Crippen molar-refractivity contribution in [2.45, 2.75) is 31.7 Å². The van der Waals surface area contributed by atoms with E-state index in [4.69, 9.17) is 4.74 Å². The lowest BCUT2D eigenvalue weighted by molar-refractivity contribution is -0.149. The zero-order chi connectivity index (χ0) is 20.3. The molecule has 0 saturated carbocycles. The molecule has 4 amide bonds. The van der Waals surface area contributed by atoms with Crippen LogP contribution in [0.3, 0.4) is 0 Å². The van der Waals surface area contributed by atoms with Gasteiger partial charge in [-0.15, -0.1) is 0 Å². The van der Waals surface area contributed by atoms with Crippen LogP contribution in [-0.4, -0.2) is 60.4 Å². The van der Waals surface area contributed by atoms with Gasteiger partial charge in [0.1, 0.15) is 12.1 Å². The standard InChI is InChI=1S/C20H25N3O5/c1-3-20(15-7-5-4-6-8-15)18(26)23(19(27)21-20)13-16(24)22-11-9-14(10-12-22)17(25)28-2/h4-8,14H,3,9-13H2,1-2H3,(H,21,27)/t20-/m0/s1. The number of nitrogens with zero attached hydrogens (tertiary/aromatic N) is 2. The van der Waals surface area contributed by atoms with Gasteiger partial charge in [-0.05, 0) is 24.8 Å². The minimum absolute atomic E-state index is 0.211. The topological polar surface area (TPSA) is 96.0 Å². The van der Waals surface area contributed by atoms with Crippen molar-refractivity contribution in [1.82, 2.24) is 15.1 Å². The van der Waals surface area contributed by atoms with E-state index in [1.165, 1.54) is 7.11 Å². The lowest BCUT2D eigenvalue weighted by Gasteiger charge is -2.31. The van der Waals surface area contributed by atoms with E-state index < -0.39 is 17.5 Å². The average Bonchev–Trinajstić information content (AvgIpc) is 2.99. The number of urea groups is 1. The summed E-state index contributed by atoms with van der Waals surface area (Å²) in [6.45, 7) is 2.33. The van der Waals surface area contributed by atoms with Crippen LogP contribution in [0.15, 0.2) is 30.3 Å². The smallest absolute Gasteiger partial charge is 0.325 e. The summed E-state index contributed by atoms with van der Waals surface area (Å²) in [6, 6.07) is 8.49. The Bertz CT molecular complexity index is 773. The van der Waals surface area contributed by atoms with Crippen molar-refractivity contribution in [3.05, 3.63) is 35.9 Å². The number of esters is 1. The van der Waals surface area contributed by atoms with Crippen molar-refractivity contribution < 1.29 is 23.9 Å². The van der Waals surface area contributed by atoms with E-state index in [1.807, 2.05) is 25.1 Å². The highest BCUT2D eigenvalue weighted by Crippen LogP contribution is 2.32. The van der Waals surface area contributed by atoms with Crippen LogP contribution in [-0.2, 0) is 24.7 Å². The molecule has 0 unspecified atom stereocenters. The van der Waals surface area contributed by atoms with Gasteiger partial charge >= 0.3 is 12.0 Å². The molecule has 2 saturated heterocycles. The van der Waals surface area contributed by atoms with Crippen molar-refractivity contribution in [3.63, 3.8) is 0 Å². The Labute approximate surface area is 163 Å². The summed E-state index contributed by atoms with van der Waals surface area (Å²) in [7, 11) is 1.35. The zero-order valence-electron chi connectivity index (χ0n) is 16.1. The molecular formula is C20H25N3O5. The van der Waals surface area contributed by atoms with Crippen LogP contribution in [0.5, 0.6) is 0 Å². The minimum atomic E-state index is -1.14. The first-order valence-electron chi connectivity index (χ1n) is 9.48. The van der Waals surface area contributed by atoms with Crippen LogP contribution in [0.2, 0.25) is 0 Å². The molecule has 2 heterocycles. The van der Waals surface area contributed by atoms with E-state index in [0.717, 1.165) is 4.90 Å². The summed E-state index contributed by atoms with van der Waals surface area (Å²) >= 11 is 0. The predicted molar refractivity (Wildman–Crippen MR) is 100.0 cm³/mol. The fourth-order valence-electron chi connectivity index (χ4n) is 3.90. The normalized spacial score (nSPS) is 22.9. The third kappa shape index (κ3) is 3.46. The highest BCUT2D eigenvalue weighted by molar-refractivity contribution is 6.09. The number of piperidine rings is 1. The predicted octanol–water partition coefficient (Wildman–Crippen LogP) is 1.26. The molecule has 0 aliphatic carbocycles. The van der Waals surface area contributed by atoms with Crippen molar-refractivity contribution in [2.75, 3.05) is 26.7 Å². The minimum Gasteiger partial charge on any atom is -0.469 e. The lowest BCUT2D eigenvalue weighted by atomic mass is 9.87. The molecule has 3 rings (SSSR count). The molecule has 0 bridgehead atoms. The number of hydrogen-bond acceptors (Lipinski definition) is 5. The van der Waals surface area contributed by atoms with Gasteiger partial charge in [0.15, 0.2) is 0 Å². The van der Waals surface area contributed by atoms with Crippen LogP contribution in [0, 0.1) is 5.92 Å². The molecule has 1 N–H and O–H groups in total. The number of imide groups is 1. The van der Waals surface area contributed by atoms with E-state index in [2.05, 4.69) is 5.32 Å². The first-order chi connectivity index (χ1) is 13.4. The Morgan fingerprint density at radius 2 is 1.82 bits per heavy atom. The molecule has 2 fully saturated rings. The number of rotatable bonds is 5. The highest BCUT2D eigenvalue weighted by Gasteiger charge is 2.51. The third-order valence-corrected chi connectivity index (χ3v) is 5.65. The number of likely N-dealkylation sites (tertiary alicyclic amines) is 1. The monoisotopic (exact) mass is 387 g/mol. The van der Waals surface area contributed by atoms with Gasteiger partial charge in [0.05, 0.1) is 13.0 Å². The summed E-state index contributed by atoms with van der Waals surface area (Å²) in [5, 5.41) is 2.78. The van der Waals surface area contributed by atoms with Gasteiger partial charge in [-0.25, -0.2) is 4.79 Å². The molecule has 0 radical (unpaired) electrons. The number of methoxy groups -OCH3 is 1. The van der Waals surface area contributed by atoms with Crippen LogP contribution >= 0.6 is 0 Å². The van der Waals surface area contributed by atoms with E-state index in [9.17, 15) is 19.2 Å². The number of benzene rings is 1. The van der Waals surface area contributed by atoms with Crippen LogP contribution in [0.4, 0.5) is 4.79 Å². The summed E-state index contributed by atoms with van der Waals surface area (Å²) in [5.74, 6) is -1.19. The maximum Gasteiger partial charge on any atom is 0.325 e. The molecule has 1 aromatic carbocycles. The summed E-state index contributed by atoms with van der Waals surface area (Å²) in [5.41, 5.74) is -0.444. The van der Waals surface area contributed by atoms with E-state index in [1.54, 1.807) is 17.0 Å². The van der Waals surface area contributed by atoms with Crippen molar-refractivity contribution in [1.29, 1.82) is 0 Å². The van der Waals surface area contributed by atoms with Gasteiger partial charge in [0.25, 0.3) is 5.91 Å². The molecule has 8 heteroatoms. The van der Waals surface area contributed by atoms with Gasteiger partial charge < -0.3 is 15.0 Å². The molecule has 8 nitrogen and oxygen atoms in total. The molecule has 1 atom stereocenters. The molecular weight excluding hydrogens is 362 g/mol. The molecule has 0 aromatic heterocycles. The molecule has 150 valence electrons.